The van der Waals surface area contributed by atoms with Gasteiger partial charge in [0.1, 0.15) is 0 Å². The SMILES string of the molecule is CC1CCN(C(=O)C2(CN)CCCCCC2)CC1C. The van der Waals surface area contributed by atoms with E-state index >= 15 is 0 Å². The van der Waals surface area contributed by atoms with Gasteiger partial charge in [0, 0.05) is 19.6 Å². The Morgan fingerprint density at radius 3 is 2.32 bits per heavy atom. The molecule has 0 bridgehead atoms. The van der Waals surface area contributed by atoms with Crippen LogP contribution < -0.4 is 5.73 Å². The van der Waals surface area contributed by atoms with E-state index in [2.05, 4.69) is 18.7 Å². The van der Waals surface area contributed by atoms with Crippen molar-refractivity contribution < 1.29 is 4.79 Å². The van der Waals surface area contributed by atoms with Crippen molar-refractivity contribution >= 4 is 5.91 Å². The Morgan fingerprint density at radius 1 is 1.16 bits per heavy atom. The predicted molar refractivity (Wildman–Crippen MR) is 78.7 cm³/mol. The standard InChI is InChI=1S/C16H30N2O/c1-13-7-10-18(11-14(13)2)15(19)16(12-17)8-5-3-4-6-9-16/h13-14H,3-12,17H2,1-2H3. The van der Waals surface area contributed by atoms with Gasteiger partial charge in [-0.3, -0.25) is 4.79 Å². The van der Waals surface area contributed by atoms with Crippen molar-refractivity contribution in [2.24, 2.45) is 23.0 Å². The lowest BCUT2D eigenvalue weighted by Crippen LogP contribution is -2.52. The number of nitrogens with two attached hydrogens (primary N) is 1. The maximum atomic E-state index is 13.0. The molecule has 2 atom stereocenters. The van der Waals surface area contributed by atoms with Gasteiger partial charge < -0.3 is 10.6 Å². The van der Waals surface area contributed by atoms with Gasteiger partial charge in [0.25, 0.3) is 0 Å². The van der Waals surface area contributed by atoms with Gasteiger partial charge in [-0.05, 0) is 31.1 Å². The summed E-state index contributed by atoms with van der Waals surface area (Å²) in [6.07, 6.45) is 8.02. The number of likely N-dealkylation sites (tertiary alicyclic amines) is 1. The molecule has 0 aromatic rings. The molecule has 0 spiro atoms. The molecule has 2 fully saturated rings. The average Bonchev–Trinajstić information content (AvgIpc) is 2.67. The predicted octanol–water partition coefficient (Wildman–Crippen LogP) is 2.79. The minimum absolute atomic E-state index is 0.239. The number of hydrogen-bond donors (Lipinski definition) is 1. The van der Waals surface area contributed by atoms with Crippen LogP contribution in [0.4, 0.5) is 0 Å². The first-order chi connectivity index (χ1) is 9.09. The van der Waals surface area contributed by atoms with E-state index in [0.29, 0.717) is 18.4 Å². The third-order valence-corrected chi connectivity index (χ3v) is 5.53. The zero-order valence-electron chi connectivity index (χ0n) is 12.7. The number of amides is 1. The van der Waals surface area contributed by atoms with Crippen LogP contribution in [0.2, 0.25) is 0 Å². The van der Waals surface area contributed by atoms with E-state index in [9.17, 15) is 4.79 Å². The normalized spacial score (nSPS) is 31.8. The Balaban J connectivity index is 2.07. The summed E-state index contributed by atoms with van der Waals surface area (Å²) < 4.78 is 0. The highest BCUT2D eigenvalue weighted by molar-refractivity contribution is 5.83. The number of carbonyl (C=O) groups is 1. The molecule has 2 rings (SSSR count). The lowest BCUT2D eigenvalue weighted by molar-refractivity contribution is -0.145. The van der Waals surface area contributed by atoms with Crippen molar-refractivity contribution in [1.82, 2.24) is 4.90 Å². The second-order valence-electron chi connectivity index (χ2n) is 6.89. The molecule has 2 aliphatic rings. The van der Waals surface area contributed by atoms with Gasteiger partial charge in [-0.25, -0.2) is 0 Å². The van der Waals surface area contributed by atoms with E-state index in [1.807, 2.05) is 0 Å². The molecular weight excluding hydrogens is 236 g/mol. The lowest BCUT2D eigenvalue weighted by atomic mass is 9.77. The molecule has 1 aliphatic heterocycles. The number of nitrogens with zero attached hydrogens (tertiary/aromatic N) is 1. The summed E-state index contributed by atoms with van der Waals surface area (Å²) in [6.45, 7) is 6.98. The van der Waals surface area contributed by atoms with Crippen molar-refractivity contribution in [1.29, 1.82) is 0 Å². The van der Waals surface area contributed by atoms with Crippen LogP contribution in [0.5, 0.6) is 0 Å². The van der Waals surface area contributed by atoms with E-state index in [1.165, 1.54) is 25.7 Å². The molecule has 110 valence electrons. The van der Waals surface area contributed by atoms with Crippen LogP contribution in [0.15, 0.2) is 0 Å². The molecule has 1 saturated heterocycles. The zero-order chi connectivity index (χ0) is 13.9. The second-order valence-corrected chi connectivity index (χ2v) is 6.89. The molecule has 0 radical (unpaired) electrons. The number of piperidine rings is 1. The molecule has 2 unspecified atom stereocenters. The monoisotopic (exact) mass is 266 g/mol. The Bertz CT molecular complexity index is 308. The van der Waals surface area contributed by atoms with Crippen molar-refractivity contribution in [3.05, 3.63) is 0 Å². The Kier molecular flexibility index (Phi) is 4.88. The molecule has 3 nitrogen and oxygen atoms in total. The van der Waals surface area contributed by atoms with Crippen LogP contribution in [0, 0.1) is 17.3 Å². The smallest absolute Gasteiger partial charge is 0.230 e. The molecule has 1 aliphatic carbocycles. The molecule has 1 heterocycles. The van der Waals surface area contributed by atoms with E-state index < -0.39 is 0 Å². The quantitative estimate of drug-likeness (QED) is 0.781. The first kappa shape index (κ1) is 14.8. The van der Waals surface area contributed by atoms with Crippen LogP contribution in [0.3, 0.4) is 0 Å². The van der Waals surface area contributed by atoms with Crippen molar-refractivity contribution in [3.63, 3.8) is 0 Å². The highest BCUT2D eigenvalue weighted by Crippen LogP contribution is 2.37. The largest absolute Gasteiger partial charge is 0.342 e. The van der Waals surface area contributed by atoms with Gasteiger partial charge in [-0.15, -0.1) is 0 Å². The van der Waals surface area contributed by atoms with Crippen LogP contribution in [0.1, 0.15) is 58.8 Å². The van der Waals surface area contributed by atoms with Crippen LogP contribution in [-0.2, 0) is 4.79 Å². The Labute approximate surface area is 117 Å². The summed E-state index contributed by atoms with van der Waals surface area (Å²) in [4.78, 5) is 15.1. The Morgan fingerprint density at radius 2 is 1.79 bits per heavy atom. The summed E-state index contributed by atoms with van der Waals surface area (Å²) in [5.74, 6) is 1.72. The number of hydrogen-bond acceptors (Lipinski definition) is 2. The summed E-state index contributed by atoms with van der Waals surface area (Å²) in [6, 6.07) is 0. The summed E-state index contributed by atoms with van der Waals surface area (Å²) in [5.41, 5.74) is 5.79. The maximum Gasteiger partial charge on any atom is 0.230 e. The molecule has 3 heteroatoms. The van der Waals surface area contributed by atoms with Crippen LogP contribution in [-0.4, -0.2) is 30.4 Å². The number of carbonyl (C=O) groups excluding carboxylic acids is 1. The van der Waals surface area contributed by atoms with Gasteiger partial charge in [0.15, 0.2) is 0 Å². The second kappa shape index (κ2) is 6.25. The van der Waals surface area contributed by atoms with Gasteiger partial charge in [-0.1, -0.05) is 39.5 Å². The molecular formula is C16H30N2O. The molecule has 2 N–H and O–H groups in total. The van der Waals surface area contributed by atoms with Crippen LogP contribution >= 0.6 is 0 Å². The fourth-order valence-electron chi connectivity index (χ4n) is 3.69. The maximum absolute atomic E-state index is 13.0. The third kappa shape index (κ3) is 3.13. The lowest BCUT2D eigenvalue weighted by Gasteiger charge is -2.41. The van der Waals surface area contributed by atoms with E-state index in [4.69, 9.17) is 5.73 Å². The first-order valence-electron chi connectivity index (χ1n) is 8.08. The molecule has 0 aromatic carbocycles. The summed E-state index contributed by atoms with van der Waals surface area (Å²) in [5, 5.41) is 0. The van der Waals surface area contributed by atoms with E-state index in [1.54, 1.807) is 0 Å². The van der Waals surface area contributed by atoms with Gasteiger partial charge in [0.2, 0.25) is 5.91 Å². The third-order valence-electron chi connectivity index (χ3n) is 5.53. The number of rotatable bonds is 2. The van der Waals surface area contributed by atoms with Gasteiger partial charge >= 0.3 is 0 Å². The first-order valence-corrected chi connectivity index (χ1v) is 8.08. The highest BCUT2D eigenvalue weighted by Gasteiger charge is 2.41. The minimum atomic E-state index is -0.239. The minimum Gasteiger partial charge on any atom is -0.342 e. The topological polar surface area (TPSA) is 46.3 Å². The van der Waals surface area contributed by atoms with E-state index in [0.717, 1.165) is 38.3 Å². The molecule has 19 heavy (non-hydrogen) atoms. The van der Waals surface area contributed by atoms with Crippen molar-refractivity contribution in [3.8, 4) is 0 Å². The summed E-state index contributed by atoms with van der Waals surface area (Å²) in [7, 11) is 0. The highest BCUT2D eigenvalue weighted by atomic mass is 16.2. The van der Waals surface area contributed by atoms with Gasteiger partial charge in [-0.2, -0.15) is 0 Å². The molecule has 1 amide bonds. The zero-order valence-corrected chi connectivity index (χ0v) is 12.7. The van der Waals surface area contributed by atoms with Crippen molar-refractivity contribution in [2.45, 2.75) is 58.8 Å². The van der Waals surface area contributed by atoms with E-state index in [-0.39, 0.29) is 5.41 Å². The Hall–Kier alpha value is -0.570. The fourth-order valence-corrected chi connectivity index (χ4v) is 3.69. The molecule has 0 aromatic heterocycles. The van der Waals surface area contributed by atoms with Crippen molar-refractivity contribution in [2.75, 3.05) is 19.6 Å². The van der Waals surface area contributed by atoms with Gasteiger partial charge in [0.05, 0.1) is 5.41 Å². The fraction of sp³-hybridized carbons (Fsp3) is 0.938. The average molecular weight is 266 g/mol. The molecule has 1 saturated carbocycles. The van der Waals surface area contributed by atoms with Crippen LogP contribution in [0.25, 0.3) is 0 Å². The summed E-state index contributed by atoms with van der Waals surface area (Å²) >= 11 is 0.